The molecule has 2 amide bonds. The van der Waals surface area contributed by atoms with E-state index in [1.807, 2.05) is 61.5 Å². The van der Waals surface area contributed by atoms with E-state index in [2.05, 4.69) is 19.2 Å². The van der Waals surface area contributed by atoms with Crippen molar-refractivity contribution in [1.29, 1.82) is 0 Å². The minimum atomic E-state index is 0.00674. The Morgan fingerprint density at radius 3 is 2.35 bits per heavy atom. The first kappa shape index (κ1) is 19.7. The Morgan fingerprint density at radius 1 is 1.00 bits per heavy atom. The summed E-state index contributed by atoms with van der Waals surface area (Å²) in [6.07, 6.45) is 0.756. The van der Waals surface area contributed by atoms with Crippen molar-refractivity contribution in [2.24, 2.45) is 5.92 Å². The Labute approximate surface area is 156 Å². The summed E-state index contributed by atoms with van der Waals surface area (Å²) in [4.78, 5) is 26.3. The fourth-order valence-electron chi connectivity index (χ4n) is 2.68. The monoisotopic (exact) mass is 352 g/mol. The summed E-state index contributed by atoms with van der Waals surface area (Å²) in [6.45, 7) is 7.20. The van der Waals surface area contributed by atoms with E-state index in [0.717, 1.165) is 16.8 Å². The number of anilines is 1. The average Bonchev–Trinajstić information content (AvgIpc) is 2.65. The van der Waals surface area contributed by atoms with Gasteiger partial charge in [0.2, 0.25) is 11.8 Å². The van der Waals surface area contributed by atoms with Crippen LogP contribution in [0.2, 0.25) is 0 Å². The lowest BCUT2D eigenvalue weighted by atomic mass is 10.1. The first-order valence-corrected chi connectivity index (χ1v) is 9.19. The lowest BCUT2D eigenvalue weighted by Gasteiger charge is -2.23. The summed E-state index contributed by atoms with van der Waals surface area (Å²) >= 11 is 0. The van der Waals surface area contributed by atoms with Crippen LogP contribution in [-0.2, 0) is 22.6 Å². The zero-order chi connectivity index (χ0) is 18.9. The molecule has 0 atom stereocenters. The number of hydrogen-bond donors (Lipinski definition) is 1. The third kappa shape index (κ3) is 6.03. The van der Waals surface area contributed by atoms with Crippen molar-refractivity contribution >= 4 is 17.5 Å². The van der Waals surface area contributed by atoms with Gasteiger partial charge in [0.15, 0.2) is 0 Å². The van der Waals surface area contributed by atoms with E-state index in [4.69, 9.17) is 0 Å². The molecular weight excluding hydrogens is 324 g/mol. The van der Waals surface area contributed by atoms with Gasteiger partial charge in [0, 0.05) is 18.7 Å². The van der Waals surface area contributed by atoms with E-state index < -0.39 is 0 Å². The maximum absolute atomic E-state index is 12.5. The standard InChI is InChI=1S/C22H28N2O2/c1-4-22(26)24(16-18-9-6-5-7-10-18)20-12-8-11-19(13-20)14-21(25)23-15-17(2)3/h5-13,17H,4,14-16H2,1-3H3,(H,23,25). The summed E-state index contributed by atoms with van der Waals surface area (Å²) in [5, 5.41) is 2.93. The fraction of sp³-hybridized carbons (Fsp3) is 0.364. The molecule has 0 aliphatic heterocycles. The molecule has 4 heteroatoms. The predicted octanol–water partition coefficient (Wildman–Crippen LogP) is 3.94. The minimum absolute atomic E-state index is 0.00674. The third-order valence-corrected chi connectivity index (χ3v) is 4.08. The van der Waals surface area contributed by atoms with Crippen LogP contribution in [0.25, 0.3) is 0 Å². The number of benzene rings is 2. The molecule has 1 N–H and O–H groups in total. The Hall–Kier alpha value is -2.62. The zero-order valence-corrected chi connectivity index (χ0v) is 15.9. The second kappa shape index (κ2) is 9.76. The number of carbonyl (C=O) groups excluding carboxylic acids is 2. The van der Waals surface area contributed by atoms with E-state index in [-0.39, 0.29) is 11.8 Å². The van der Waals surface area contributed by atoms with E-state index in [1.165, 1.54) is 0 Å². The van der Waals surface area contributed by atoms with Gasteiger partial charge < -0.3 is 10.2 Å². The highest BCUT2D eigenvalue weighted by Gasteiger charge is 2.15. The normalized spacial score (nSPS) is 10.6. The van der Waals surface area contributed by atoms with Crippen molar-refractivity contribution in [3.8, 4) is 0 Å². The third-order valence-electron chi connectivity index (χ3n) is 4.08. The number of hydrogen-bond acceptors (Lipinski definition) is 2. The fourth-order valence-corrected chi connectivity index (χ4v) is 2.68. The second-order valence-electron chi connectivity index (χ2n) is 6.86. The van der Waals surface area contributed by atoms with Gasteiger partial charge in [-0.3, -0.25) is 9.59 Å². The first-order chi connectivity index (χ1) is 12.5. The van der Waals surface area contributed by atoms with Gasteiger partial charge in [0.05, 0.1) is 13.0 Å². The number of rotatable bonds is 8. The SMILES string of the molecule is CCC(=O)N(Cc1ccccc1)c1cccc(CC(=O)NCC(C)C)c1. The maximum Gasteiger partial charge on any atom is 0.227 e. The topological polar surface area (TPSA) is 49.4 Å². The number of carbonyl (C=O) groups is 2. The van der Waals surface area contributed by atoms with Gasteiger partial charge in [-0.05, 0) is 29.2 Å². The molecule has 2 rings (SSSR count). The highest BCUT2D eigenvalue weighted by molar-refractivity contribution is 5.93. The number of nitrogens with one attached hydrogen (secondary N) is 1. The number of amides is 2. The van der Waals surface area contributed by atoms with Gasteiger partial charge in [0.25, 0.3) is 0 Å². The quantitative estimate of drug-likeness (QED) is 0.782. The summed E-state index contributed by atoms with van der Waals surface area (Å²) in [5.74, 6) is 0.497. The smallest absolute Gasteiger partial charge is 0.227 e. The van der Waals surface area contributed by atoms with Crippen molar-refractivity contribution in [3.63, 3.8) is 0 Å². The van der Waals surface area contributed by atoms with Crippen LogP contribution in [-0.4, -0.2) is 18.4 Å². The van der Waals surface area contributed by atoms with Gasteiger partial charge in [0.1, 0.15) is 0 Å². The maximum atomic E-state index is 12.5. The van der Waals surface area contributed by atoms with Gasteiger partial charge in [-0.1, -0.05) is 63.2 Å². The van der Waals surface area contributed by atoms with Gasteiger partial charge in [-0.2, -0.15) is 0 Å². The molecule has 0 heterocycles. The van der Waals surface area contributed by atoms with Gasteiger partial charge in [-0.15, -0.1) is 0 Å². The second-order valence-corrected chi connectivity index (χ2v) is 6.86. The van der Waals surface area contributed by atoms with Crippen LogP contribution >= 0.6 is 0 Å². The molecule has 0 radical (unpaired) electrons. The highest BCUT2D eigenvalue weighted by atomic mass is 16.2. The molecule has 138 valence electrons. The van der Waals surface area contributed by atoms with Crippen LogP contribution in [0.3, 0.4) is 0 Å². The predicted molar refractivity (Wildman–Crippen MR) is 106 cm³/mol. The summed E-state index contributed by atoms with van der Waals surface area (Å²) in [5.41, 5.74) is 2.81. The molecule has 26 heavy (non-hydrogen) atoms. The molecule has 2 aromatic carbocycles. The minimum Gasteiger partial charge on any atom is -0.356 e. The lowest BCUT2D eigenvalue weighted by molar-refractivity contribution is -0.120. The average molecular weight is 352 g/mol. The molecular formula is C22H28N2O2. The molecule has 0 aliphatic carbocycles. The molecule has 0 saturated carbocycles. The van der Waals surface area contributed by atoms with Crippen molar-refractivity contribution in [1.82, 2.24) is 5.32 Å². The van der Waals surface area contributed by atoms with E-state index in [1.54, 1.807) is 4.90 Å². The van der Waals surface area contributed by atoms with Crippen LogP contribution in [0.5, 0.6) is 0 Å². The molecule has 0 saturated heterocycles. The van der Waals surface area contributed by atoms with Crippen LogP contribution in [0.4, 0.5) is 5.69 Å². The molecule has 2 aromatic rings. The largest absolute Gasteiger partial charge is 0.356 e. The van der Waals surface area contributed by atoms with E-state index >= 15 is 0 Å². The Bertz CT molecular complexity index is 726. The Balaban J connectivity index is 2.15. The number of nitrogens with zero attached hydrogens (tertiary/aromatic N) is 1. The van der Waals surface area contributed by atoms with Crippen LogP contribution in [0.15, 0.2) is 54.6 Å². The van der Waals surface area contributed by atoms with Crippen LogP contribution in [0.1, 0.15) is 38.3 Å². The van der Waals surface area contributed by atoms with Crippen molar-refractivity contribution in [2.75, 3.05) is 11.4 Å². The first-order valence-electron chi connectivity index (χ1n) is 9.19. The molecule has 0 spiro atoms. The van der Waals surface area contributed by atoms with E-state index in [0.29, 0.717) is 31.8 Å². The molecule has 0 unspecified atom stereocenters. The highest BCUT2D eigenvalue weighted by Crippen LogP contribution is 2.20. The zero-order valence-electron chi connectivity index (χ0n) is 15.9. The van der Waals surface area contributed by atoms with E-state index in [9.17, 15) is 9.59 Å². The Morgan fingerprint density at radius 2 is 1.69 bits per heavy atom. The summed E-state index contributed by atoms with van der Waals surface area (Å²) in [6, 6.07) is 17.6. The van der Waals surface area contributed by atoms with Crippen LogP contribution in [0, 0.1) is 5.92 Å². The molecule has 4 nitrogen and oxygen atoms in total. The van der Waals surface area contributed by atoms with Gasteiger partial charge in [-0.25, -0.2) is 0 Å². The molecule has 0 aromatic heterocycles. The van der Waals surface area contributed by atoms with Crippen molar-refractivity contribution in [3.05, 3.63) is 65.7 Å². The lowest BCUT2D eigenvalue weighted by Crippen LogP contribution is -2.30. The molecule has 0 fully saturated rings. The van der Waals surface area contributed by atoms with Crippen molar-refractivity contribution in [2.45, 2.75) is 40.2 Å². The Kier molecular flexibility index (Phi) is 7.39. The molecule has 0 aliphatic rings. The molecule has 0 bridgehead atoms. The summed E-state index contributed by atoms with van der Waals surface area (Å²) in [7, 11) is 0. The van der Waals surface area contributed by atoms with Crippen molar-refractivity contribution < 1.29 is 9.59 Å². The van der Waals surface area contributed by atoms with Gasteiger partial charge >= 0.3 is 0 Å². The van der Waals surface area contributed by atoms with Crippen LogP contribution < -0.4 is 10.2 Å². The summed E-state index contributed by atoms with van der Waals surface area (Å²) < 4.78 is 0.